The van der Waals surface area contributed by atoms with E-state index in [9.17, 15) is 18.4 Å². The van der Waals surface area contributed by atoms with Gasteiger partial charge in [-0.3, -0.25) is 9.59 Å². The number of rotatable bonds is 4. The lowest BCUT2D eigenvalue weighted by molar-refractivity contribution is -0.123. The van der Waals surface area contributed by atoms with E-state index in [1.54, 1.807) is 6.07 Å². The summed E-state index contributed by atoms with van der Waals surface area (Å²) in [4.78, 5) is 25.6. The van der Waals surface area contributed by atoms with Crippen molar-refractivity contribution in [2.45, 2.75) is 20.1 Å². The zero-order valence-electron chi connectivity index (χ0n) is 16.8. The molecule has 0 aromatic heterocycles. The molecule has 0 atom stereocenters. The summed E-state index contributed by atoms with van der Waals surface area (Å²) in [6, 6.07) is 16.2. The van der Waals surface area contributed by atoms with Gasteiger partial charge in [-0.15, -0.1) is 0 Å². The van der Waals surface area contributed by atoms with Crippen LogP contribution in [0.4, 0.5) is 20.2 Å². The number of anilines is 2. The van der Waals surface area contributed by atoms with Gasteiger partial charge in [0, 0.05) is 24.2 Å². The highest BCUT2D eigenvalue weighted by Crippen LogP contribution is 2.32. The minimum absolute atomic E-state index is 0.0132. The van der Waals surface area contributed by atoms with Crippen molar-refractivity contribution in [2.75, 3.05) is 16.8 Å². The van der Waals surface area contributed by atoms with Crippen LogP contribution in [0.3, 0.4) is 0 Å². The van der Waals surface area contributed by atoms with Gasteiger partial charge in [0.15, 0.2) is 0 Å². The third kappa shape index (κ3) is 4.78. The summed E-state index contributed by atoms with van der Waals surface area (Å²) in [7, 11) is 0. The number of ether oxygens (including phenoxy) is 1. The predicted molar refractivity (Wildman–Crippen MR) is 113 cm³/mol. The minimum Gasteiger partial charge on any atom is -0.367 e. The molecule has 0 saturated carbocycles. The maximum absolute atomic E-state index is 13.7. The number of benzene rings is 3. The van der Waals surface area contributed by atoms with Crippen molar-refractivity contribution in [3.63, 3.8) is 0 Å². The Morgan fingerprint density at radius 2 is 1.74 bits per heavy atom. The average Bonchev–Trinajstić information content (AvgIpc) is 2.85. The fourth-order valence-corrected chi connectivity index (χ4v) is 3.62. The fourth-order valence-electron chi connectivity index (χ4n) is 3.62. The van der Waals surface area contributed by atoms with Gasteiger partial charge in [0.25, 0.3) is 5.91 Å². The van der Waals surface area contributed by atoms with E-state index >= 15 is 0 Å². The van der Waals surface area contributed by atoms with Crippen LogP contribution >= 0.6 is 0 Å². The van der Waals surface area contributed by atoms with E-state index in [4.69, 9.17) is 4.74 Å². The van der Waals surface area contributed by atoms with E-state index in [0.717, 1.165) is 22.8 Å². The molecule has 0 unspecified atom stereocenters. The van der Waals surface area contributed by atoms with Crippen LogP contribution < -0.4 is 10.2 Å². The second-order valence-electron chi connectivity index (χ2n) is 7.36. The number of nitrogens with zero attached hydrogens (tertiary/aromatic N) is 1. The van der Waals surface area contributed by atoms with Gasteiger partial charge in [0.05, 0.1) is 18.8 Å². The molecular weight excluding hydrogens is 402 g/mol. The molecule has 0 bridgehead atoms. The smallest absolute Gasteiger partial charge is 0.253 e. The maximum atomic E-state index is 13.7. The first-order valence-electron chi connectivity index (χ1n) is 9.73. The van der Waals surface area contributed by atoms with Gasteiger partial charge in [0.2, 0.25) is 5.91 Å². The van der Waals surface area contributed by atoms with Crippen LogP contribution in [-0.2, 0) is 27.5 Å². The van der Waals surface area contributed by atoms with Gasteiger partial charge >= 0.3 is 0 Å². The summed E-state index contributed by atoms with van der Waals surface area (Å²) in [5, 5.41) is 2.75. The normalized spacial score (nSPS) is 13.5. The van der Waals surface area contributed by atoms with Crippen molar-refractivity contribution in [1.29, 1.82) is 0 Å². The number of hydrogen-bond acceptors (Lipinski definition) is 3. The molecule has 4 rings (SSSR count). The molecule has 0 spiro atoms. The van der Waals surface area contributed by atoms with Crippen LogP contribution in [0, 0.1) is 11.6 Å². The van der Waals surface area contributed by atoms with Gasteiger partial charge in [-0.25, -0.2) is 8.78 Å². The lowest BCUT2D eigenvalue weighted by atomic mass is 10.0. The van der Waals surface area contributed by atoms with Crippen LogP contribution in [-0.4, -0.2) is 18.4 Å². The van der Waals surface area contributed by atoms with Crippen molar-refractivity contribution in [3.8, 4) is 11.1 Å². The first kappa shape index (κ1) is 20.7. The first-order chi connectivity index (χ1) is 14.9. The molecule has 1 aliphatic heterocycles. The Hall–Kier alpha value is -3.58. The summed E-state index contributed by atoms with van der Waals surface area (Å²) in [6.07, 6.45) is 0. The lowest BCUT2D eigenvalue weighted by Crippen LogP contribution is -2.32. The summed E-state index contributed by atoms with van der Waals surface area (Å²) in [5.74, 6) is -1.86. The summed E-state index contributed by atoms with van der Waals surface area (Å²) in [6.45, 7) is 1.58. The predicted octanol–water partition coefficient (Wildman–Crippen LogP) is 4.65. The summed E-state index contributed by atoms with van der Waals surface area (Å²) >= 11 is 0. The summed E-state index contributed by atoms with van der Waals surface area (Å²) in [5.41, 5.74) is 4.10. The molecule has 158 valence electrons. The lowest BCUT2D eigenvalue weighted by Gasteiger charge is -2.23. The Morgan fingerprint density at radius 3 is 2.48 bits per heavy atom. The number of halogens is 2. The Balaban J connectivity index is 1.73. The zero-order chi connectivity index (χ0) is 22.0. The van der Waals surface area contributed by atoms with Crippen molar-refractivity contribution < 1.29 is 23.1 Å². The average molecular weight is 422 g/mol. The molecule has 1 N–H and O–H groups in total. The number of amides is 2. The molecule has 7 heteroatoms. The van der Waals surface area contributed by atoms with Crippen LogP contribution in [0.15, 0.2) is 60.7 Å². The van der Waals surface area contributed by atoms with E-state index in [-0.39, 0.29) is 31.6 Å². The molecule has 31 heavy (non-hydrogen) atoms. The topological polar surface area (TPSA) is 58.6 Å². The minimum atomic E-state index is -0.697. The molecule has 3 aromatic rings. The van der Waals surface area contributed by atoms with Gasteiger partial charge in [-0.05, 0) is 47.0 Å². The molecule has 1 heterocycles. The van der Waals surface area contributed by atoms with Gasteiger partial charge in [-0.2, -0.15) is 0 Å². The highest BCUT2D eigenvalue weighted by Gasteiger charge is 2.24. The SMILES string of the molecule is CC(=O)Nc1cccc(-c2ccc3c(c2)N(Cc2cc(F)cc(F)c2)C(=O)COC3)c1. The van der Waals surface area contributed by atoms with Crippen molar-refractivity contribution >= 4 is 23.2 Å². The highest BCUT2D eigenvalue weighted by molar-refractivity contribution is 5.96. The number of hydrogen-bond donors (Lipinski definition) is 1. The molecule has 2 amide bonds. The number of carbonyl (C=O) groups is 2. The quantitative estimate of drug-likeness (QED) is 0.666. The highest BCUT2D eigenvalue weighted by atomic mass is 19.1. The van der Waals surface area contributed by atoms with Gasteiger partial charge in [0.1, 0.15) is 18.2 Å². The van der Waals surface area contributed by atoms with E-state index in [1.807, 2.05) is 36.4 Å². The molecule has 0 aliphatic carbocycles. The number of carbonyl (C=O) groups excluding carboxylic acids is 2. The molecule has 0 radical (unpaired) electrons. The number of fused-ring (bicyclic) bond motifs is 1. The van der Waals surface area contributed by atoms with Crippen LogP contribution in [0.25, 0.3) is 11.1 Å². The zero-order valence-corrected chi connectivity index (χ0v) is 16.8. The van der Waals surface area contributed by atoms with Gasteiger partial charge < -0.3 is 15.0 Å². The van der Waals surface area contributed by atoms with Gasteiger partial charge in [-0.1, -0.05) is 24.3 Å². The molecular formula is C24H20F2N2O3. The number of nitrogens with one attached hydrogen (secondary N) is 1. The largest absolute Gasteiger partial charge is 0.367 e. The fraction of sp³-hybridized carbons (Fsp3) is 0.167. The third-order valence-corrected chi connectivity index (χ3v) is 4.94. The molecule has 1 aliphatic rings. The van der Waals surface area contributed by atoms with Crippen molar-refractivity contribution in [1.82, 2.24) is 0 Å². The van der Waals surface area contributed by atoms with Crippen molar-refractivity contribution in [3.05, 3.63) is 83.4 Å². The standard InChI is InChI=1S/C24H20F2N2O3/c1-15(29)27-22-4-2-3-17(9-22)18-5-6-19-13-31-14-24(30)28(23(19)10-18)12-16-7-20(25)11-21(26)8-16/h2-11H,12-14H2,1H3,(H,27,29). The van der Waals surface area contributed by atoms with E-state index in [2.05, 4.69) is 5.32 Å². The van der Waals surface area contributed by atoms with Crippen molar-refractivity contribution in [2.24, 2.45) is 0 Å². The second kappa shape index (κ2) is 8.65. The monoisotopic (exact) mass is 422 g/mol. The Labute approximate surface area is 178 Å². The van der Waals surface area contributed by atoms with E-state index in [1.165, 1.54) is 24.0 Å². The molecule has 0 fully saturated rings. The molecule has 0 saturated heterocycles. The molecule has 5 nitrogen and oxygen atoms in total. The Morgan fingerprint density at radius 1 is 1.00 bits per heavy atom. The second-order valence-corrected chi connectivity index (χ2v) is 7.36. The van der Waals surface area contributed by atoms with Crippen LogP contribution in [0.2, 0.25) is 0 Å². The van der Waals surface area contributed by atoms with E-state index < -0.39 is 11.6 Å². The third-order valence-electron chi connectivity index (χ3n) is 4.94. The van der Waals surface area contributed by atoms with Crippen LogP contribution in [0.1, 0.15) is 18.1 Å². The Bertz CT molecular complexity index is 1140. The maximum Gasteiger partial charge on any atom is 0.253 e. The van der Waals surface area contributed by atoms with E-state index in [0.29, 0.717) is 16.9 Å². The van der Waals surface area contributed by atoms with Crippen LogP contribution in [0.5, 0.6) is 0 Å². The molecule has 3 aromatic carbocycles. The summed E-state index contributed by atoms with van der Waals surface area (Å²) < 4.78 is 32.8. The Kier molecular flexibility index (Phi) is 5.77. The first-order valence-corrected chi connectivity index (χ1v) is 9.73.